The van der Waals surface area contributed by atoms with Crippen molar-refractivity contribution in [2.45, 2.75) is 37.2 Å². The number of thiophene rings is 1. The molecule has 0 saturated carbocycles. The van der Waals surface area contributed by atoms with Crippen LogP contribution < -0.4 is 12.4 Å². The Labute approximate surface area is 127 Å². The summed E-state index contributed by atoms with van der Waals surface area (Å²) in [6.07, 6.45) is 5.96. The van der Waals surface area contributed by atoms with Crippen molar-refractivity contribution in [3.8, 4) is 0 Å². The molecule has 2 aliphatic heterocycles. The van der Waals surface area contributed by atoms with Crippen molar-refractivity contribution in [3.63, 3.8) is 0 Å². The lowest BCUT2D eigenvalue weighted by molar-refractivity contribution is -0.00000345. The third-order valence-electron chi connectivity index (χ3n) is 3.64. The molecule has 0 radical (unpaired) electrons. The molecule has 2 fully saturated rings. The Kier molecular flexibility index (Phi) is 6.26. The highest BCUT2D eigenvalue weighted by atomic mass is 35.5. The van der Waals surface area contributed by atoms with E-state index in [4.69, 9.17) is 0 Å². The fourth-order valence-corrected chi connectivity index (χ4v) is 9.21. The average molecular weight is 322 g/mol. The Morgan fingerprint density at radius 3 is 1.56 bits per heavy atom. The fraction of sp³-hybridized carbons (Fsp3) is 0.714. The predicted octanol–water partition coefficient (Wildman–Crippen LogP) is 0.576. The van der Waals surface area contributed by atoms with Crippen molar-refractivity contribution in [2.24, 2.45) is 0 Å². The molecule has 0 bridgehead atoms. The van der Waals surface area contributed by atoms with Gasteiger partial charge in [-0.15, -0.1) is 11.3 Å². The number of hydrogen-bond donors (Lipinski definition) is 0. The summed E-state index contributed by atoms with van der Waals surface area (Å²) in [6, 6.07) is 4.84. The Bertz CT molecular complexity index is 319. The van der Waals surface area contributed by atoms with Crippen molar-refractivity contribution >= 4 is 33.1 Å². The minimum absolute atomic E-state index is 0. The maximum atomic E-state index is 2.42. The summed E-state index contributed by atoms with van der Waals surface area (Å²) >= 11 is 2.12. The van der Waals surface area contributed by atoms with Crippen molar-refractivity contribution in [2.75, 3.05) is 23.0 Å². The van der Waals surface area contributed by atoms with E-state index in [-0.39, 0.29) is 12.4 Å². The molecule has 2 aliphatic rings. The van der Waals surface area contributed by atoms with Gasteiger partial charge in [0, 0.05) is 0 Å². The van der Waals surface area contributed by atoms with Crippen LogP contribution in [0.1, 0.15) is 35.4 Å². The van der Waals surface area contributed by atoms with Gasteiger partial charge in [0.2, 0.25) is 0 Å². The van der Waals surface area contributed by atoms with Gasteiger partial charge < -0.3 is 12.4 Å². The van der Waals surface area contributed by atoms with Crippen LogP contribution in [0.25, 0.3) is 0 Å². The van der Waals surface area contributed by atoms with Gasteiger partial charge in [-0.3, -0.25) is 0 Å². The zero-order valence-electron chi connectivity index (χ0n) is 10.8. The lowest BCUT2D eigenvalue weighted by Gasteiger charge is -1.98. The molecule has 18 heavy (non-hydrogen) atoms. The van der Waals surface area contributed by atoms with Crippen LogP contribution in [-0.4, -0.2) is 23.0 Å². The summed E-state index contributed by atoms with van der Waals surface area (Å²) in [5, 5.41) is 0. The van der Waals surface area contributed by atoms with Crippen LogP contribution in [-0.2, 0) is 33.3 Å². The Hall–Kier alpha value is 0.690. The molecule has 0 N–H and O–H groups in total. The van der Waals surface area contributed by atoms with Gasteiger partial charge in [-0.05, 0) is 59.6 Å². The lowest BCUT2D eigenvalue weighted by Crippen LogP contribution is -3.00. The molecule has 0 nitrogen and oxygen atoms in total. The molecule has 0 aromatic carbocycles. The Balaban J connectivity index is 0.00000120. The first-order valence-electron chi connectivity index (χ1n) is 6.76. The summed E-state index contributed by atoms with van der Waals surface area (Å²) in [6.45, 7) is 0. The molecular weight excluding hydrogens is 300 g/mol. The van der Waals surface area contributed by atoms with E-state index in [2.05, 4.69) is 23.5 Å². The van der Waals surface area contributed by atoms with Crippen LogP contribution in [0.4, 0.5) is 0 Å². The summed E-state index contributed by atoms with van der Waals surface area (Å²) in [4.78, 5) is 3.35. The van der Waals surface area contributed by atoms with E-state index in [9.17, 15) is 0 Å². The quantitative estimate of drug-likeness (QED) is 0.712. The monoisotopic (exact) mass is 321 g/mol. The second-order valence-corrected chi connectivity index (χ2v) is 11.0. The van der Waals surface area contributed by atoms with Gasteiger partial charge in [0.15, 0.2) is 0 Å². The van der Waals surface area contributed by atoms with E-state index in [1.807, 2.05) is 0 Å². The fourth-order valence-electron chi connectivity index (χ4n) is 2.70. The molecule has 2 saturated heterocycles. The smallest absolute Gasteiger partial charge is 0.142 e. The predicted molar refractivity (Wildman–Crippen MR) is 84.4 cm³/mol. The minimum atomic E-state index is 0. The van der Waals surface area contributed by atoms with Crippen molar-refractivity contribution in [1.82, 2.24) is 0 Å². The maximum Gasteiger partial charge on any atom is 0.142 e. The highest BCUT2D eigenvalue weighted by molar-refractivity contribution is 7.96. The van der Waals surface area contributed by atoms with Crippen LogP contribution in [0, 0.1) is 0 Å². The summed E-state index contributed by atoms with van der Waals surface area (Å²) in [7, 11) is 1.49. The molecule has 0 amide bonds. The molecule has 1 aromatic rings. The molecule has 3 heterocycles. The Morgan fingerprint density at radius 1 is 0.778 bits per heavy atom. The molecular formula is C14H22ClS3+. The van der Waals surface area contributed by atoms with Gasteiger partial charge in [0.25, 0.3) is 0 Å². The van der Waals surface area contributed by atoms with Crippen molar-refractivity contribution in [1.29, 1.82) is 0 Å². The maximum absolute atomic E-state index is 2.42. The molecule has 0 aliphatic carbocycles. The van der Waals surface area contributed by atoms with E-state index in [1.54, 1.807) is 9.75 Å². The lowest BCUT2D eigenvalue weighted by atomic mass is 10.4. The largest absolute Gasteiger partial charge is 1.00 e. The van der Waals surface area contributed by atoms with E-state index < -0.39 is 0 Å². The number of halogens is 1. The van der Waals surface area contributed by atoms with E-state index in [1.165, 1.54) is 60.2 Å². The minimum Gasteiger partial charge on any atom is -1.00 e. The van der Waals surface area contributed by atoms with E-state index in [0.717, 1.165) is 21.8 Å². The van der Waals surface area contributed by atoms with E-state index >= 15 is 0 Å². The van der Waals surface area contributed by atoms with Gasteiger partial charge in [-0.25, -0.2) is 0 Å². The molecule has 0 spiro atoms. The van der Waals surface area contributed by atoms with Crippen LogP contribution in [0.2, 0.25) is 0 Å². The van der Waals surface area contributed by atoms with Gasteiger partial charge >= 0.3 is 0 Å². The van der Waals surface area contributed by atoms with Gasteiger partial charge in [-0.1, -0.05) is 0 Å². The highest BCUT2D eigenvalue weighted by Gasteiger charge is 2.27. The van der Waals surface area contributed by atoms with Crippen molar-refractivity contribution in [3.05, 3.63) is 21.9 Å². The molecule has 0 atom stereocenters. The van der Waals surface area contributed by atoms with Crippen LogP contribution in [0.5, 0.6) is 0 Å². The molecule has 3 rings (SSSR count). The highest BCUT2D eigenvalue weighted by Crippen LogP contribution is 2.27. The first-order chi connectivity index (χ1) is 8.40. The van der Waals surface area contributed by atoms with Gasteiger partial charge in [0.1, 0.15) is 34.5 Å². The van der Waals surface area contributed by atoms with Crippen LogP contribution in [0.3, 0.4) is 0 Å². The standard InChI is InChI=1S/C14H22S3.ClH/c1-2-8-16(7-1)11-13-5-6-14(15-13)12-17-9-3-4-10-17;/h5-6H,1-4,7-12H2;1H/q+2;/p-1. The summed E-state index contributed by atoms with van der Waals surface area (Å²) < 4.78 is 0. The molecule has 102 valence electrons. The van der Waals surface area contributed by atoms with Crippen LogP contribution in [0.15, 0.2) is 12.1 Å². The summed E-state index contributed by atoms with van der Waals surface area (Å²) in [5.74, 6) is 8.85. The molecule has 4 heteroatoms. The van der Waals surface area contributed by atoms with Crippen LogP contribution >= 0.6 is 11.3 Å². The Morgan fingerprint density at radius 2 is 1.17 bits per heavy atom. The number of rotatable bonds is 4. The first kappa shape index (κ1) is 15.1. The molecule has 0 unspecified atom stereocenters. The second-order valence-electron chi connectivity index (χ2n) is 5.11. The second kappa shape index (κ2) is 7.47. The normalized spacial score (nSPS) is 21.3. The van der Waals surface area contributed by atoms with Crippen molar-refractivity contribution < 1.29 is 12.4 Å². The topological polar surface area (TPSA) is 0 Å². The summed E-state index contributed by atoms with van der Waals surface area (Å²) in [5.41, 5.74) is 0. The third-order valence-corrected chi connectivity index (χ3v) is 10.00. The van der Waals surface area contributed by atoms with E-state index in [0.29, 0.717) is 0 Å². The zero-order chi connectivity index (χ0) is 11.5. The zero-order valence-corrected chi connectivity index (χ0v) is 14.0. The van der Waals surface area contributed by atoms with Gasteiger partial charge in [0.05, 0.1) is 9.75 Å². The average Bonchev–Trinajstić information content (AvgIpc) is 3.02. The first-order valence-corrected chi connectivity index (χ1v) is 11.0. The molecule has 1 aromatic heterocycles. The number of hydrogen-bond acceptors (Lipinski definition) is 1. The SMILES string of the molecule is [Cl-].c1cc(C[S+]2CCCC2)sc1C[S+]1CCCC1. The third kappa shape index (κ3) is 4.09. The van der Waals surface area contributed by atoms with Gasteiger partial charge in [-0.2, -0.15) is 0 Å².